The van der Waals surface area contributed by atoms with Gasteiger partial charge in [0.05, 0.1) is 143 Å². The number of carboxylic acid groups (broad SMARTS) is 24. The van der Waals surface area contributed by atoms with Gasteiger partial charge in [0.1, 0.15) is 0 Å². The van der Waals surface area contributed by atoms with Crippen molar-refractivity contribution in [2.75, 3.05) is 157 Å². The van der Waals surface area contributed by atoms with Crippen LogP contribution in [-0.4, -0.2) is 300 Å². The van der Waals surface area contributed by atoms with Crippen LogP contribution in [0.5, 0.6) is 0 Å². The summed E-state index contributed by atoms with van der Waals surface area (Å²) in [5.74, 6) is -31.1. The Labute approximate surface area is 687 Å². The molecular weight excluding hydrogens is 2030 g/mol. The van der Waals surface area contributed by atoms with Crippen molar-refractivity contribution in [1.82, 2.24) is 42.5 Å². The molecule has 3 aliphatic rings. The molecule has 3 rings (SSSR count). The number of nitrogens with one attached hydrogen (secondary N) is 8. The summed E-state index contributed by atoms with van der Waals surface area (Å²) in [6.45, 7) is -10.5. The zero-order valence-electron chi connectivity index (χ0n) is 62.1. The van der Waals surface area contributed by atoms with Gasteiger partial charge < -0.3 is 326 Å². The van der Waals surface area contributed by atoms with Gasteiger partial charge in [-0.15, -0.1) is 0 Å². The molecule has 1 spiro atoms. The van der Waals surface area contributed by atoms with Crippen molar-refractivity contribution in [2.45, 2.75) is 28.9 Å². The number of carbonyl (C=O) groups excluding carboxylic acids is 24. The van der Waals surface area contributed by atoms with Crippen LogP contribution in [-0.2, 0) is 150 Å². The molecule has 0 amide bonds. The SMILES string of the molecule is NCC(=O)[O-].NCC(=O)[O-].NCC(=O)[O-].NCC(=O)[O-].NCC(=O)[O-].NCC(=O)[O-].NCC(=O)[O-].NCC(=O)[O-].O=C([O-])CNCC(=O)[O-].O=C([O-])CNCC(=O)[O-].O=C([O-])CNCC(=O)[O-].O=C([O-])CNCC(=O)[O-].O=C([O-])CNCC(=O)[O-].O=C([O-])CNCC(=O)[O-].O=C([O-])CNCC(=O)[O-].O=C([O-])CNCC(=O)[O-].[CH2]1[CH2][Pt+4]123([CH2][CH2]2)[CH2][CH2]3.[Pt+4]. The Morgan fingerprint density at radius 3 is 0.217 bits per heavy atom. The molecule has 704 valence electrons. The monoisotopic (exact) mass is 2110 g/mol. The average Bonchev–Trinajstić information content (AvgIpc) is 1.39. The second-order valence-electron chi connectivity index (χ2n) is 18.7. The van der Waals surface area contributed by atoms with Gasteiger partial charge in [0, 0.05) is 157 Å². The van der Waals surface area contributed by atoms with Gasteiger partial charge in [0.2, 0.25) is 0 Å². The summed E-state index contributed by atoms with van der Waals surface area (Å²) in [6, 6.07) is 0. The molecular formula is C54H84N16O48Pt2-16. The minimum Gasteiger partial charge on any atom is 4.00 e. The molecule has 3 saturated heterocycles. The van der Waals surface area contributed by atoms with Crippen LogP contribution < -0.4 is 211 Å². The molecule has 3 fully saturated rings. The van der Waals surface area contributed by atoms with Gasteiger partial charge in [-0.25, -0.2) is 0 Å². The fraction of sp³-hybridized carbons (Fsp3) is 0.556. The second kappa shape index (κ2) is 94.2. The van der Waals surface area contributed by atoms with E-state index < -0.39 is 262 Å². The Morgan fingerprint density at radius 1 is 0.150 bits per heavy atom. The first-order valence-electron chi connectivity index (χ1n) is 30.0. The topological polar surface area (TPSA) is 1270 Å². The average molecular weight is 2120 g/mol. The molecule has 0 atom stereocenters. The van der Waals surface area contributed by atoms with E-state index in [4.69, 9.17) is 79.2 Å². The summed E-state index contributed by atoms with van der Waals surface area (Å²) >= 11 is -1.37. The van der Waals surface area contributed by atoms with Crippen LogP contribution in [0.1, 0.15) is 0 Å². The Balaban J connectivity index is -0.0000000755. The van der Waals surface area contributed by atoms with E-state index in [9.17, 15) is 158 Å². The molecule has 0 bridgehead atoms. The normalized spacial score (nSPS) is 11.4. The molecule has 0 aliphatic carbocycles. The fourth-order valence-corrected chi connectivity index (χ4v) is 38.3. The summed E-state index contributed by atoms with van der Waals surface area (Å²) < 4.78 is 0. The third kappa shape index (κ3) is 187. The predicted octanol–water partition coefficient (Wildman–Crippen LogP) is -47.1. The van der Waals surface area contributed by atoms with E-state index in [-0.39, 0.29) is 73.4 Å². The summed E-state index contributed by atoms with van der Waals surface area (Å²) in [5.41, 5.74) is 36.1. The van der Waals surface area contributed by atoms with E-state index in [1.54, 1.807) is 28.9 Å². The molecule has 0 aromatic heterocycles. The standard InChI is InChI=1S/8C4H7NO4.8C2H5NO2.3C2H4.2Pt/c8*6-3(7)1-5-2-4(8)9;8*3-1-2(4)5;3*1-2;;/h8*5H,1-2H2,(H,6,7)(H,8,9);8*1,3H2,(H,4,5);3*1-2H2;;/q;;;;;;;;;;;;;;;;;;;2*+4/p-24. The summed E-state index contributed by atoms with van der Waals surface area (Å²) in [4.78, 5) is 237. The van der Waals surface area contributed by atoms with Gasteiger partial charge >= 0.3 is 63.5 Å². The maximum atomic E-state index is 9.59. The molecule has 0 unspecified atom stereocenters. The fourth-order valence-electron chi connectivity index (χ4n) is 3.51. The van der Waals surface area contributed by atoms with Crippen LogP contribution in [0.25, 0.3) is 0 Å². The Hall–Kier alpha value is -12.0. The van der Waals surface area contributed by atoms with E-state index in [1.165, 1.54) is 0 Å². The molecule has 120 heavy (non-hydrogen) atoms. The van der Waals surface area contributed by atoms with Gasteiger partial charge in [0.25, 0.3) is 0 Å². The maximum Gasteiger partial charge on any atom is 4.00 e. The molecule has 64 nitrogen and oxygen atoms in total. The first-order valence-corrected chi connectivity index (χ1v) is 39.7. The van der Waals surface area contributed by atoms with Gasteiger partial charge in [0.15, 0.2) is 0 Å². The number of hydrogen-bond donors (Lipinski definition) is 16. The minimum atomic E-state index is -1.37. The van der Waals surface area contributed by atoms with Crippen molar-refractivity contribution >= 4 is 143 Å². The molecule has 0 saturated carbocycles. The first kappa shape index (κ1) is 143. The van der Waals surface area contributed by atoms with Gasteiger partial charge in [-0.3, -0.25) is 0 Å². The Morgan fingerprint density at radius 2 is 0.200 bits per heavy atom. The molecule has 66 heteroatoms. The van der Waals surface area contributed by atoms with E-state index >= 15 is 0 Å². The quantitative estimate of drug-likeness (QED) is 0.0271. The van der Waals surface area contributed by atoms with Crippen LogP contribution in [0.3, 0.4) is 0 Å². The molecule has 0 radical (unpaired) electrons. The molecule has 0 aromatic carbocycles. The first-order chi connectivity index (χ1) is 54.4. The van der Waals surface area contributed by atoms with E-state index in [0.717, 1.165) is 0 Å². The van der Waals surface area contributed by atoms with E-state index in [1.807, 2.05) is 0 Å². The Bertz CT molecular complexity index is 2380. The van der Waals surface area contributed by atoms with Crippen LogP contribution in [0.2, 0.25) is 28.9 Å². The van der Waals surface area contributed by atoms with Crippen molar-refractivity contribution in [3.05, 3.63) is 0 Å². The van der Waals surface area contributed by atoms with Crippen molar-refractivity contribution in [3.63, 3.8) is 0 Å². The maximum absolute atomic E-state index is 9.59. The van der Waals surface area contributed by atoms with E-state index in [2.05, 4.69) is 88.4 Å². The van der Waals surface area contributed by atoms with Gasteiger partial charge in [-0.05, 0) is 0 Å². The largest absolute Gasteiger partial charge is 4.00 e. The minimum absolute atomic E-state index is 0. The summed E-state index contributed by atoms with van der Waals surface area (Å²) in [6.07, 6.45) is 0. The molecule has 3 aliphatic heterocycles. The molecule has 0 aromatic rings. The van der Waals surface area contributed by atoms with Crippen LogP contribution in [0.15, 0.2) is 0 Å². The number of nitrogens with two attached hydrogens (primary N) is 8. The van der Waals surface area contributed by atoms with Crippen molar-refractivity contribution in [3.8, 4) is 0 Å². The van der Waals surface area contributed by atoms with Crippen molar-refractivity contribution in [2.24, 2.45) is 45.9 Å². The van der Waals surface area contributed by atoms with E-state index in [0.29, 0.717) is 0 Å². The number of rotatable bonds is 40. The zero-order valence-corrected chi connectivity index (χ0v) is 66.6. The number of carbonyl (C=O) groups is 24. The Kier molecular flexibility index (Phi) is 112. The van der Waals surface area contributed by atoms with Crippen LogP contribution in [0.4, 0.5) is 0 Å². The van der Waals surface area contributed by atoms with Crippen LogP contribution in [0, 0.1) is 0 Å². The second-order valence-corrected chi connectivity index (χ2v) is 42.6. The number of aliphatic carboxylic acids is 24. The van der Waals surface area contributed by atoms with Gasteiger partial charge in [-0.1, -0.05) is 0 Å². The van der Waals surface area contributed by atoms with Crippen molar-refractivity contribution in [1.29, 1.82) is 0 Å². The predicted molar refractivity (Wildman–Crippen MR) is 324 cm³/mol. The van der Waals surface area contributed by atoms with Gasteiger partial charge in [-0.2, -0.15) is 0 Å². The summed E-state index contributed by atoms with van der Waals surface area (Å²) in [7, 11) is 0. The third-order valence-corrected chi connectivity index (χ3v) is 31.5. The molecule has 24 N–H and O–H groups in total. The zero-order chi connectivity index (χ0) is 97.1. The third-order valence-electron chi connectivity index (χ3n) is 8.80. The molecule has 3 heterocycles. The number of hydrogen-bond acceptors (Lipinski definition) is 64. The van der Waals surface area contributed by atoms with Crippen LogP contribution >= 0.6 is 0 Å². The smallest absolute Gasteiger partial charge is 4.00 e. The summed E-state index contributed by atoms with van der Waals surface area (Å²) in [5, 5.41) is 243. The number of carboxylic acids is 24. The van der Waals surface area contributed by atoms with Crippen molar-refractivity contribution < 1.29 is 272 Å².